The Morgan fingerprint density at radius 3 is 2.56 bits per heavy atom. The Labute approximate surface area is 197 Å². The van der Waals surface area contributed by atoms with Crippen molar-refractivity contribution >= 4 is 11.8 Å². The molecule has 1 fully saturated rings. The van der Waals surface area contributed by atoms with Gasteiger partial charge in [0.15, 0.2) is 6.10 Å². The van der Waals surface area contributed by atoms with Gasteiger partial charge >= 0.3 is 0 Å². The number of nitrogens with zero attached hydrogens (tertiary/aromatic N) is 4. The summed E-state index contributed by atoms with van der Waals surface area (Å²) in [6.07, 6.45) is 7.38. The smallest absolute Gasteiger partial charge is 0.253 e. The molecule has 1 aromatic carbocycles. The van der Waals surface area contributed by atoms with Crippen LogP contribution < -0.4 is 10.1 Å². The highest BCUT2D eigenvalue weighted by molar-refractivity contribution is 5.94. The Bertz CT molecular complexity index is 1150. The first kappa shape index (κ1) is 22.1. The molecule has 9 nitrogen and oxygen atoms in total. The first-order valence-electron chi connectivity index (χ1n) is 11.4. The maximum Gasteiger partial charge on any atom is 0.253 e. The fourth-order valence-corrected chi connectivity index (χ4v) is 4.67. The Morgan fingerprint density at radius 1 is 1.12 bits per heavy atom. The summed E-state index contributed by atoms with van der Waals surface area (Å²) < 4.78 is 13.6. The average Bonchev–Trinajstić information content (AvgIpc) is 3.38. The summed E-state index contributed by atoms with van der Waals surface area (Å²) >= 11 is 0. The topological polar surface area (TPSA) is 98.6 Å². The summed E-state index contributed by atoms with van der Waals surface area (Å²) in [4.78, 5) is 36.3. The lowest BCUT2D eigenvalue weighted by molar-refractivity contribution is -0.172. The number of amides is 2. The number of hydrogen-bond acceptors (Lipinski definition) is 6. The molecule has 176 valence electrons. The summed E-state index contributed by atoms with van der Waals surface area (Å²) in [5.41, 5.74) is 0.900. The van der Waals surface area contributed by atoms with Crippen LogP contribution in [-0.2, 0) is 28.2 Å². The van der Waals surface area contributed by atoms with E-state index < -0.39 is 11.7 Å². The summed E-state index contributed by atoms with van der Waals surface area (Å²) in [6, 6.07) is 11.0. The molecule has 4 heterocycles. The van der Waals surface area contributed by atoms with Crippen molar-refractivity contribution in [3.05, 3.63) is 78.1 Å². The number of methoxy groups -OCH3 is 1. The minimum absolute atomic E-state index is 0.0230. The molecule has 0 bridgehead atoms. The van der Waals surface area contributed by atoms with E-state index in [0.29, 0.717) is 44.6 Å². The van der Waals surface area contributed by atoms with Crippen LogP contribution in [-0.4, -0.2) is 57.6 Å². The number of aromatic nitrogens is 3. The Hall–Kier alpha value is -3.72. The average molecular weight is 462 g/mol. The molecule has 1 N–H and O–H groups in total. The van der Waals surface area contributed by atoms with Gasteiger partial charge in [0.1, 0.15) is 17.2 Å². The monoisotopic (exact) mass is 461 g/mol. The Kier molecular flexibility index (Phi) is 6.02. The normalized spacial score (nSPS) is 18.9. The van der Waals surface area contributed by atoms with Gasteiger partial charge in [0, 0.05) is 62.8 Å². The van der Waals surface area contributed by atoms with E-state index in [1.807, 2.05) is 39.9 Å². The van der Waals surface area contributed by atoms with Crippen LogP contribution in [0.5, 0.6) is 5.75 Å². The Balaban J connectivity index is 1.26. The van der Waals surface area contributed by atoms with Crippen LogP contribution in [0.15, 0.2) is 61.2 Å². The first-order chi connectivity index (χ1) is 16.6. The fraction of sp³-hybridized carbons (Fsp3) is 0.360. The molecule has 1 saturated heterocycles. The van der Waals surface area contributed by atoms with E-state index in [1.54, 1.807) is 37.8 Å². The Morgan fingerprint density at radius 2 is 1.85 bits per heavy atom. The van der Waals surface area contributed by atoms with Gasteiger partial charge in [-0.3, -0.25) is 14.6 Å². The molecule has 0 saturated carbocycles. The molecule has 0 unspecified atom stereocenters. The van der Waals surface area contributed by atoms with Crippen LogP contribution in [0.2, 0.25) is 0 Å². The minimum atomic E-state index is -0.696. The zero-order valence-electron chi connectivity index (χ0n) is 19.0. The van der Waals surface area contributed by atoms with E-state index in [0.717, 1.165) is 17.1 Å². The number of carbonyl (C=O) groups is 2. The molecule has 2 aliphatic rings. The summed E-state index contributed by atoms with van der Waals surface area (Å²) in [7, 11) is 1.62. The number of hydrogen-bond donors (Lipinski definition) is 1. The van der Waals surface area contributed by atoms with Gasteiger partial charge in [-0.1, -0.05) is 12.1 Å². The van der Waals surface area contributed by atoms with Crippen molar-refractivity contribution in [3.8, 4) is 5.75 Å². The highest BCUT2D eigenvalue weighted by Crippen LogP contribution is 2.40. The zero-order chi connectivity index (χ0) is 23.5. The predicted octanol–water partition coefficient (Wildman–Crippen LogP) is 2.13. The SMILES string of the molecule is COc1ccc(CNC(=O)[C@@H]2Cn3ccnc3C3(CCN(C(=O)c4ccncc4)CC3)O2)cc1. The van der Waals surface area contributed by atoms with E-state index >= 15 is 0 Å². The second-order valence-electron chi connectivity index (χ2n) is 8.60. The van der Waals surface area contributed by atoms with Crippen molar-refractivity contribution in [2.75, 3.05) is 20.2 Å². The van der Waals surface area contributed by atoms with E-state index in [2.05, 4.69) is 15.3 Å². The first-order valence-corrected chi connectivity index (χ1v) is 11.4. The van der Waals surface area contributed by atoms with E-state index in [1.165, 1.54) is 0 Å². The van der Waals surface area contributed by atoms with Gasteiger partial charge < -0.3 is 24.3 Å². The predicted molar refractivity (Wildman–Crippen MR) is 123 cm³/mol. The number of piperidine rings is 1. The molecule has 2 aromatic heterocycles. The van der Waals surface area contributed by atoms with Crippen molar-refractivity contribution in [2.24, 2.45) is 0 Å². The molecule has 5 rings (SSSR count). The number of pyridine rings is 1. The van der Waals surface area contributed by atoms with Gasteiger partial charge in [-0.2, -0.15) is 0 Å². The van der Waals surface area contributed by atoms with Crippen LogP contribution in [0.25, 0.3) is 0 Å². The lowest BCUT2D eigenvalue weighted by Crippen LogP contribution is -2.54. The minimum Gasteiger partial charge on any atom is -0.497 e. The molecule has 1 spiro atoms. The number of rotatable bonds is 5. The van der Waals surface area contributed by atoms with E-state index in [4.69, 9.17) is 9.47 Å². The molecule has 9 heteroatoms. The number of ether oxygens (including phenoxy) is 2. The van der Waals surface area contributed by atoms with Crippen molar-refractivity contribution in [1.29, 1.82) is 0 Å². The summed E-state index contributed by atoms with van der Waals surface area (Å²) in [5, 5.41) is 2.99. The van der Waals surface area contributed by atoms with Crippen LogP contribution in [0.1, 0.15) is 34.6 Å². The maximum atomic E-state index is 13.0. The zero-order valence-corrected chi connectivity index (χ0v) is 19.0. The molecule has 2 aliphatic heterocycles. The lowest BCUT2D eigenvalue weighted by atomic mass is 9.88. The molecule has 0 radical (unpaired) electrons. The van der Waals surface area contributed by atoms with Crippen LogP contribution in [0, 0.1) is 0 Å². The lowest BCUT2D eigenvalue weighted by Gasteiger charge is -2.45. The molecule has 0 aliphatic carbocycles. The molecular weight excluding hydrogens is 434 g/mol. The van der Waals surface area contributed by atoms with Gasteiger partial charge in [-0.25, -0.2) is 4.98 Å². The highest BCUT2D eigenvalue weighted by atomic mass is 16.5. The third kappa shape index (κ3) is 4.26. The number of carbonyl (C=O) groups excluding carboxylic acids is 2. The largest absolute Gasteiger partial charge is 0.497 e. The quantitative estimate of drug-likeness (QED) is 0.625. The summed E-state index contributed by atoms with van der Waals surface area (Å²) in [6.45, 7) is 1.86. The maximum absolute atomic E-state index is 13.0. The van der Waals surface area contributed by atoms with Crippen molar-refractivity contribution in [2.45, 2.75) is 37.6 Å². The second-order valence-corrected chi connectivity index (χ2v) is 8.60. The standard InChI is InChI=1S/C25H27N5O4/c1-33-20-4-2-18(3-5-20)16-28-22(31)21-17-30-15-12-27-24(30)25(34-21)8-13-29(14-9-25)23(32)19-6-10-26-11-7-19/h2-7,10-12,15,21H,8-9,13-14,16-17H2,1H3,(H,28,31)/t21-/m0/s1. The molecule has 2 amide bonds. The van der Waals surface area contributed by atoms with Gasteiger partial charge in [-0.05, 0) is 29.8 Å². The van der Waals surface area contributed by atoms with Gasteiger partial charge in [0.05, 0.1) is 13.7 Å². The molecule has 34 heavy (non-hydrogen) atoms. The number of fused-ring (bicyclic) bond motifs is 2. The van der Waals surface area contributed by atoms with Crippen LogP contribution >= 0.6 is 0 Å². The molecule has 1 atom stereocenters. The van der Waals surface area contributed by atoms with Crippen LogP contribution in [0.3, 0.4) is 0 Å². The molecular formula is C25H27N5O4. The van der Waals surface area contributed by atoms with Crippen molar-refractivity contribution in [3.63, 3.8) is 0 Å². The third-order valence-electron chi connectivity index (χ3n) is 6.56. The highest BCUT2D eigenvalue weighted by Gasteiger charge is 2.47. The molecule has 3 aromatic rings. The third-order valence-corrected chi connectivity index (χ3v) is 6.56. The van der Waals surface area contributed by atoms with Gasteiger partial charge in [0.2, 0.25) is 0 Å². The second kappa shape index (κ2) is 9.26. The number of imidazole rings is 1. The van der Waals surface area contributed by atoms with E-state index in [9.17, 15) is 9.59 Å². The fourth-order valence-electron chi connectivity index (χ4n) is 4.67. The van der Waals surface area contributed by atoms with Gasteiger partial charge in [0.25, 0.3) is 11.8 Å². The number of likely N-dealkylation sites (tertiary alicyclic amines) is 1. The van der Waals surface area contributed by atoms with E-state index in [-0.39, 0.29) is 11.8 Å². The van der Waals surface area contributed by atoms with Gasteiger partial charge in [-0.15, -0.1) is 0 Å². The van der Waals surface area contributed by atoms with Crippen molar-refractivity contribution < 1.29 is 19.1 Å². The van der Waals surface area contributed by atoms with Crippen molar-refractivity contribution in [1.82, 2.24) is 24.8 Å². The number of benzene rings is 1. The number of nitrogens with one attached hydrogen (secondary N) is 1. The van der Waals surface area contributed by atoms with Crippen LogP contribution in [0.4, 0.5) is 0 Å². The summed E-state index contributed by atoms with van der Waals surface area (Å²) in [5.74, 6) is 1.41.